The minimum absolute atomic E-state index is 0.329. The Hall–Kier alpha value is -4.55. The summed E-state index contributed by atoms with van der Waals surface area (Å²) in [5, 5.41) is 9.45. The van der Waals surface area contributed by atoms with E-state index in [1.54, 1.807) is 24.3 Å². The van der Waals surface area contributed by atoms with Crippen LogP contribution in [0.15, 0.2) is 71.7 Å². The average molecular weight is 491 g/mol. The highest BCUT2D eigenvalue weighted by molar-refractivity contribution is 5.77. The highest BCUT2D eigenvalue weighted by Gasteiger charge is 2.39. The van der Waals surface area contributed by atoms with Gasteiger partial charge < -0.3 is 29.1 Å². The van der Waals surface area contributed by atoms with E-state index < -0.39 is 6.36 Å². The van der Waals surface area contributed by atoms with Gasteiger partial charge in [-0.1, -0.05) is 5.22 Å². The number of nitrogens with zero attached hydrogens (tertiary/aromatic N) is 3. The van der Waals surface area contributed by atoms with E-state index in [1.165, 1.54) is 61.9 Å². The van der Waals surface area contributed by atoms with E-state index in [2.05, 4.69) is 15.3 Å². The van der Waals surface area contributed by atoms with E-state index in [-0.39, 0.29) is 5.75 Å². The number of rotatable bonds is 8. The molecule has 184 valence electrons. The molecule has 2 heterocycles. The second-order valence-electron chi connectivity index (χ2n) is 6.97. The Kier molecular flexibility index (Phi) is 6.32. The second kappa shape index (κ2) is 9.37. The Morgan fingerprint density at radius 3 is 2.20 bits per heavy atom. The zero-order valence-corrected chi connectivity index (χ0v) is 18.7. The maximum Gasteiger partial charge on any atom is 0.573 e. The molecule has 2 aromatic carbocycles. The summed E-state index contributed by atoms with van der Waals surface area (Å²) in [4.78, 5) is 5.64. The SMILES string of the molecule is COc1cc(C2=C(Nc3ccc(OC(F)(F)F)cc3)N3OC=CC=C3N2N=N)cc(OC)c1OC. The summed E-state index contributed by atoms with van der Waals surface area (Å²) in [6.07, 6.45) is -0.0738. The Morgan fingerprint density at radius 1 is 1.00 bits per heavy atom. The molecule has 0 saturated heterocycles. The van der Waals surface area contributed by atoms with Crippen molar-refractivity contribution in [2.75, 3.05) is 26.6 Å². The molecule has 0 bridgehead atoms. The van der Waals surface area contributed by atoms with Crippen LogP contribution in [0.5, 0.6) is 23.0 Å². The van der Waals surface area contributed by atoms with Crippen molar-refractivity contribution in [3.8, 4) is 23.0 Å². The lowest BCUT2D eigenvalue weighted by atomic mass is 10.1. The number of hydrogen-bond donors (Lipinski definition) is 2. The second-order valence-corrected chi connectivity index (χ2v) is 6.97. The number of anilines is 1. The Morgan fingerprint density at radius 2 is 1.66 bits per heavy atom. The third-order valence-electron chi connectivity index (χ3n) is 4.94. The Labute approximate surface area is 197 Å². The standard InChI is InChI=1S/C22H20F3N5O5/c1-31-16-11-13(12-17(32-2)20(16)33-3)19-21(30-18(29(19)28-26)5-4-10-34-30)27-14-6-8-15(9-7-14)35-22(23,24)25/h4-12,26-27H,1-3H3. The summed E-state index contributed by atoms with van der Waals surface area (Å²) in [6.45, 7) is 0. The molecule has 0 radical (unpaired) electrons. The van der Waals surface area contributed by atoms with Gasteiger partial charge in [-0.3, -0.25) is 0 Å². The van der Waals surface area contributed by atoms with Crippen LogP contribution in [0.1, 0.15) is 5.56 Å². The average Bonchev–Trinajstić information content (AvgIpc) is 3.16. The lowest BCUT2D eigenvalue weighted by Gasteiger charge is -2.24. The van der Waals surface area contributed by atoms with Crippen molar-refractivity contribution < 1.29 is 37.0 Å². The quantitative estimate of drug-likeness (QED) is 0.486. The lowest BCUT2D eigenvalue weighted by molar-refractivity contribution is -0.274. The number of nitrogens with one attached hydrogen (secondary N) is 2. The molecule has 2 N–H and O–H groups in total. The fourth-order valence-electron chi connectivity index (χ4n) is 3.54. The molecule has 10 nitrogen and oxygen atoms in total. The van der Waals surface area contributed by atoms with Gasteiger partial charge in [0.2, 0.25) is 5.75 Å². The number of halogens is 3. The van der Waals surface area contributed by atoms with Crippen LogP contribution < -0.4 is 24.3 Å². The van der Waals surface area contributed by atoms with E-state index in [9.17, 15) is 13.2 Å². The summed E-state index contributed by atoms with van der Waals surface area (Å²) >= 11 is 0. The van der Waals surface area contributed by atoms with E-state index in [4.69, 9.17) is 24.6 Å². The van der Waals surface area contributed by atoms with Gasteiger partial charge in [-0.25, -0.2) is 0 Å². The van der Waals surface area contributed by atoms with Crippen LogP contribution in [0.4, 0.5) is 18.9 Å². The van der Waals surface area contributed by atoms with Gasteiger partial charge in [-0.05, 0) is 48.6 Å². The van der Waals surface area contributed by atoms with Crippen LogP contribution >= 0.6 is 0 Å². The normalized spacial score (nSPS) is 14.7. The number of alkyl halides is 3. The van der Waals surface area contributed by atoms with E-state index in [0.717, 1.165) is 0 Å². The molecule has 0 atom stereocenters. The van der Waals surface area contributed by atoms with Gasteiger partial charge in [0.15, 0.2) is 23.1 Å². The molecule has 35 heavy (non-hydrogen) atoms. The van der Waals surface area contributed by atoms with Crippen LogP contribution in [0, 0.1) is 5.53 Å². The van der Waals surface area contributed by atoms with E-state index >= 15 is 0 Å². The molecular formula is C22H20F3N5O5. The number of hydroxylamine groups is 2. The summed E-state index contributed by atoms with van der Waals surface area (Å²) in [5.41, 5.74) is 9.11. The maximum atomic E-state index is 12.5. The number of ether oxygens (including phenoxy) is 4. The summed E-state index contributed by atoms with van der Waals surface area (Å²) in [7, 11) is 4.42. The molecule has 4 rings (SSSR count). The lowest BCUT2D eigenvalue weighted by Crippen LogP contribution is -2.25. The summed E-state index contributed by atoms with van der Waals surface area (Å²) in [5.74, 6) is 1.46. The van der Waals surface area contributed by atoms with E-state index in [0.29, 0.717) is 45.8 Å². The van der Waals surface area contributed by atoms with Crippen LogP contribution in [0.2, 0.25) is 0 Å². The fraction of sp³-hybridized carbons (Fsp3) is 0.182. The van der Waals surface area contributed by atoms with Crippen molar-refractivity contribution in [2.45, 2.75) is 6.36 Å². The topological polar surface area (TPSA) is 101 Å². The van der Waals surface area contributed by atoms with Crippen LogP contribution in [-0.2, 0) is 4.84 Å². The first-order chi connectivity index (χ1) is 16.8. The van der Waals surface area contributed by atoms with Gasteiger partial charge in [0.25, 0.3) is 0 Å². The number of allylic oxidation sites excluding steroid dienone is 2. The van der Waals surface area contributed by atoms with Gasteiger partial charge >= 0.3 is 6.36 Å². The minimum Gasteiger partial charge on any atom is -0.493 e. The first-order valence-corrected chi connectivity index (χ1v) is 9.98. The predicted octanol–water partition coefficient (Wildman–Crippen LogP) is 5.21. The van der Waals surface area contributed by atoms with Gasteiger partial charge in [0.05, 0.1) is 21.3 Å². The van der Waals surface area contributed by atoms with Gasteiger partial charge in [0, 0.05) is 11.3 Å². The molecule has 2 aliphatic heterocycles. The maximum absolute atomic E-state index is 12.5. The molecule has 0 aliphatic carbocycles. The van der Waals surface area contributed by atoms with Crippen molar-refractivity contribution in [1.82, 2.24) is 10.1 Å². The number of fused-ring (bicyclic) bond motifs is 1. The molecule has 0 amide bonds. The third-order valence-corrected chi connectivity index (χ3v) is 4.94. The molecule has 2 aromatic rings. The Bertz CT molecular complexity index is 1190. The number of benzene rings is 2. The fourth-order valence-corrected chi connectivity index (χ4v) is 3.54. The van der Waals surface area contributed by atoms with Crippen molar-refractivity contribution in [1.29, 1.82) is 5.53 Å². The zero-order chi connectivity index (χ0) is 25.2. The molecule has 0 aromatic heterocycles. The van der Waals surface area contributed by atoms with Crippen LogP contribution in [-0.4, -0.2) is 37.8 Å². The number of methoxy groups -OCH3 is 3. The van der Waals surface area contributed by atoms with Crippen molar-refractivity contribution in [2.24, 2.45) is 5.22 Å². The predicted molar refractivity (Wildman–Crippen MR) is 117 cm³/mol. The largest absolute Gasteiger partial charge is 0.573 e. The zero-order valence-electron chi connectivity index (χ0n) is 18.7. The first-order valence-electron chi connectivity index (χ1n) is 9.98. The molecule has 0 spiro atoms. The smallest absolute Gasteiger partial charge is 0.493 e. The number of hydrogen-bond acceptors (Lipinski definition) is 9. The minimum atomic E-state index is -4.80. The molecule has 2 aliphatic rings. The summed E-state index contributed by atoms with van der Waals surface area (Å²) in [6, 6.07) is 8.50. The Balaban J connectivity index is 1.82. The van der Waals surface area contributed by atoms with E-state index in [1.807, 2.05) is 0 Å². The molecule has 0 saturated carbocycles. The molecule has 0 unspecified atom stereocenters. The van der Waals surface area contributed by atoms with Gasteiger partial charge in [-0.15, -0.1) is 18.2 Å². The van der Waals surface area contributed by atoms with Crippen LogP contribution in [0.25, 0.3) is 5.70 Å². The van der Waals surface area contributed by atoms with Crippen LogP contribution in [0.3, 0.4) is 0 Å². The summed E-state index contributed by atoms with van der Waals surface area (Å²) < 4.78 is 57.7. The molecule has 0 fully saturated rings. The highest BCUT2D eigenvalue weighted by Crippen LogP contribution is 2.45. The van der Waals surface area contributed by atoms with Gasteiger partial charge in [-0.2, -0.15) is 10.5 Å². The van der Waals surface area contributed by atoms with Crippen molar-refractivity contribution in [3.63, 3.8) is 0 Å². The third kappa shape index (κ3) is 4.60. The monoisotopic (exact) mass is 491 g/mol. The first kappa shape index (κ1) is 23.6. The highest BCUT2D eigenvalue weighted by atomic mass is 19.4. The molecular weight excluding hydrogens is 471 g/mol. The van der Waals surface area contributed by atoms with Gasteiger partial charge in [0.1, 0.15) is 17.7 Å². The molecule has 13 heteroatoms. The van der Waals surface area contributed by atoms with Crippen molar-refractivity contribution in [3.05, 3.63) is 72.0 Å². The van der Waals surface area contributed by atoms with Crippen molar-refractivity contribution >= 4 is 11.4 Å².